The molecule has 2 amide bonds. The van der Waals surface area contributed by atoms with Crippen molar-refractivity contribution < 1.29 is 19.5 Å². The number of hydrogen-bond acceptors (Lipinski definition) is 3. The normalized spacial score (nSPS) is 14.0. The van der Waals surface area contributed by atoms with Crippen molar-refractivity contribution in [1.29, 1.82) is 0 Å². The number of aliphatic carboxylic acids is 1. The summed E-state index contributed by atoms with van der Waals surface area (Å²) in [4.78, 5) is 36.2. The standard InChI is InChI=1S/C19H24N2O4/c22-17(21-11-4-5-12-21)10-3-1-2-7-15-8-6-9-16(13-15)19(25)20-14-18(23)24/h2,6-9,13H,1,3-5,10-12,14H2,(H,20,25)(H,23,24)/b7-2-. The minimum atomic E-state index is -1.08. The molecule has 0 radical (unpaired) electrons. The lowest BCUT2D eigenvalue weighted by molar-refractivity contribution is -0.135. The van der Waals surface area contributed by atoms with Crippen molar-refractivity contribution in [1.82, 2.24) is 10.2 Å². The molecule has 0 atom stereocenters. The molecule has 0 unspecified atom stereocenters. The molecule has 0 bridgehead atoms. The highest BCUT2D eigenvalue weighted by Gasteiger charge is 2.16. The highest BCUT2D eigenvalue weighted by atomic mass is 16.4. The van der Waals surface area contributed by atoms with Crippen molar-refractivity contribution in [2.75, 3.05) is 19.6 Å². The summed E-state index contributed by atoms with van der Waals surface area (Å²) in [5, 5.41) is 10.9. The van der Waals surface area contributed by atoms with Crippen LogP contribution in [0, 0.1) is 0 Å². The molecule has 1 heterocycles. The molecule has 6 heteroatoms. The van der Waals surface area contributed by atoms with Crippen LogP contribution < -0.4 is 5.32 Å². The van der Waals surface area contributed by atoms with E-state index in [0.29, 0.717) is 12.0 Å². The first-order chi connectivity index (χ1) is 12.1. The molecule has 1 fully saturated rings. The van der Waals surface area contributed by atoms with Gasteiger partial charge in [-0.2, -0.15) is 0 Å². The molecule has 1 saturated heterocycles. The van der Waals surface area contributed by atoms with E-state index in [2.05, 4.69) is 5.32 Å². The fourth-order valence-electron chi connectivity index (χ4n) is 2.76. The average Bonchev–Trinajstić information content (AvgIpc) is 3.14. The van der Waals surface area contributed by atoms with Crippen molar-refractivity contribution in [3.05, 3.63) is 41.5 Å². The lowest BCUT2D eigenvalue weighted by Gasteiger charge is -2.14. The number of allylic oxidation sites excluding steroid dienone is 1. The smallest absolute Gasteiger partial charge is 0.322 e. The van der Waals surface area contributed by atoms with Crippen LogP contribution >= 0.6 is 0 Å². The van der Waals surface area contributed by atoms with Gasteiger partial charge < -0.3 is 15.3 Å². The van der Waals surface area contributed by atoms with Gasteiger partial charge in [-0.1, -0.05) is 24.3 Å². The number of carbonyl (C=O) groups excluding carboxylic acids is 2. The predicted molar refractivity (Wildman–Crippen MR) is 95.1 cm³/mol. The Morgan fingerprint density at radius 3 is 2.68 bits per heavy atom. The summed E-state index contributed by atoms with van der Waals surface area (Å²) in [5.74, 6) is -1.25. The van der Waals surface area contributed by atoms with Gasteiger partial charge >= 0.3 is 5.97 Å². The number of carbonyl (C=O) groups is 3. The Morgan fingerprint density at radius 1 is 1.20 bits per heavy atom. The summed E-state index contributed by atoms with van der Waals surface area (Å²) in [6.45, 7) is 1.39. The Morgan fingerprint density at radius 2 is 1.96 bits per heavy atom. The maximum Gasteiger partial charge on any atom is 0.322 e. The number of benzene rings is 1. The van der Waals surface area contributed by atoms with E-state index in [1.807, 2.05) is 23.1 Å². The molecule has 0 spiro atoms. The summed E-state index contributed by atoms with van der Waals surface area (Å²) in [6, 6.07) is 6.98. The molecule has 6 nitrogen and oxygen atoms in total. The third-order valence-corrected chi connectivity index (χ3v) is 4.08. The number of nitrogens with zero attached hydrogens (tertiary/aromatic N) is 1. The number of nitrogens with one attached hydrogen (secondary N) is 1. The number of amides is 2. The van der Waals surface area contributed by atoms with Crippen molar-refractivity contribution in [3.63, 3.8) is 0 Å². The van der Waals surface area contributed by atoms with Crippen molar-refractivity contribution in [3.8, 4) is 0 Å². The zero-order valence-corrected chi connectivity index (χ0v) is 14.2. The second-order valence-electron chi connectivity index (χ2n) is 6.08. The average molecular weight is 344 g/mol. The summed E-state index contributed by atoms with van der Waals surface area (Å²) < 4.78 is 0. The van der Waals surface area contributed by atoms with Crippen LogP contribution in [0.5, 0.6) is 0 Å². The molecular formula is C19H24N2O4. The number of unbranched alkanes of at least 4 members (excludes halogenated alkanes) is 1. The van der Waals surface area contributed by atoms with Crippen LogP contribution in [0.4, 0.5) is 0 Å². The number of hydrogen-bond donors (Lipinski definition) is 2. The van der Waals surface area contributed by atoms with Gasteiger partial charge in [0.15, 0.2) is 0 Å². The zero-order valence-electron chi connectivity index (χ0n) is 14.2. The Balaban J connectivity index is 1.76. The van der Waals surface area contributed by atoms with Crippen LogP contribution in [0.25, 0.3) is 6.08 Å². The van der Waals surface area contributed by atoms with Crippen molar-refractivity contribution >= 4 is 23.9 Å². The lowest BCUT2D eigenvalue weighted by Crippen LogP contribution is -2.29. The summed E-state index contributed by atoms with van der Waals surface area (Å²) in [5.41, 5.74) is 1.29. The first kappa shape index (κ1) is 18.7. The van der Waals surface area contributed by atoms with Crippen LogP contribution in [0.15, 0.2) is 30.3 Å². The Bertz CT molecular complexity index is 649. The van der Waals surface area contributed by atoms with E-state index >= 15 is 0 Å². The number of likely N-dealkylation sites (tertiary alicyclic amines) is 1. The van der Waals surface area contributed by atoms with E-state index in [1.165, 1.54) is 0 Å². The molecule has 2 N–H and O–H groups in total. The molecule has 1 aliphatic rings. The van der Waals surface area contributed by atoms with Gasteiger partial charge in [0.2, 0.25) is 5.91 Å². The number of carboxylic acid groups (broad SMARTS) is 1. The molecule has 1 aromatic carbocycles. The second-order valence-corrected chi connectivity index (χ2v) is 6.08. The lowest BCUT2D eigenvalue weighted by atomic mass is 10.1. The molecule has 0 aliphatic carbocycles. The van der Waals surface area contributed by atoms with E-state index in [1.54, 1.807) is 18.2 Å². The highest BCUT2D eigenvalue weighted by Crippen LogP contribution is 2.12. The van der Waals surface area contributed by atoms with Gasteiger partial charge in [0.25, 0.3) is 5.91 Å². The third kappa shape index (κ3) is 6.41. The molecule has 0 aromatic heterocycles. The van der Waals surface area contributed by atoms with Crippen LogP contribution in [-0.4, -0.2) is 47.4 Å². The number of carboxylic acids is 1. The maximum absolute atomic E-state index is 11.9. The van der Waals surface area contributed by atoms with E-state index < -0.39 is 18.4 Å². The first-order valence-electron chi connectivity index (χ1n) is 8.60. The van der Waals surface area contributed by atoms with Gasteiger partial charge in [-0.25, -0.2) is 0 Å². The monoisotopic (exact) mass is 344 g/mol. The van der Waals surface area contributed by atoms with E-state index in [4.69, 9.17) is 5.11 Å². The van der Waals surface area contributed by atoms with Gasteiger partial charge in [-0.3, -0.25) is 14.4 Å². The quantitative estimate of drug-likeness (QED) is 0.709. The van der Waals surface area contributed by atoms with E-state index in [9.17, 15) is 14.4 Å². The summed E-state index contributed by atoms with van der Waals surface area (Å²) >= 11 is 0. The minimum Gasteiger partial charge on any atom is -0.480 e. The van der Waals surface area contributed by atoms with Crippen LogP contribution in [0.2, 0.25) is 0 Å². The van der Waals surface area contributed by atoms with Gasteiger partial charge in [0.05, 0.1) is 0 Å². The molecular weight excluding hydrogens is 320 g/mol. The largest absolute Gasteiger partial charge is 0.480 e. The summed E-state index contributed by atoms with van der Waals surface area (Å²) in [7, 11) is 0. The highest BCUT2D eigenvalue weighted by molar-refractivity contribution is 5.96. The fraction of sp³-hybridized carbons (Fsp3) is 0.421. The first-order valence-corrected chi connectivity index (χ1v) is 8.60. The Labute approximate surface area is 147 Å². The molecule has 25 heavy (non-hydrogen) atoms. The van der Waals surface area contributed by atoms with Gasteiger partial charge in [0.1, 0.15) is 6.54 Å². The fourth-order valence-corrected chi connectivity index (χ4v) is 2.76. The van der Waals surface area contributed by atoms with Gasteiger partial charge in [-0.15, -0.1) is 0 Å². The van der Waals surface area contributed by atoms with Crippen LogP contribution in [0.3, 0.4) is 0 Å². The van der Waals surface area contributed by atoms with Gasteiger partial charge in [0, 0.05) is 25.1 Å². The van der Waals surface area contributed by atoms with Crippen LogP contribution in [0.1, 0.15) is 48.0 Å². The number of rotatable bonds is 8. The van der Waals surface area contributed by atoms with Crippen molar-refractivity contribution in [2.45, 2.75) is 32.1 Å². The Kier molecular flexibility index (Phi) is 7.19. The zero-order chi connectivity index (χ0) is 18.1. The predicted octanol–water partition coefficient (Wildman–Crippen LogP) is 2.31. The van der Waals surface area contributed by atoms with Crippen molar-refractivity contribution in [2.24, 2.45) is 0 Å². The summed E-state index contributed by atoms with van der Waals surface area (Å²) in [6.07, 6.45) is 8.31. The second kappa shape index (κ2) is 9.61. The molecule has 1 aromatic rings. The maximum atomic E-state index is 11.9. The van der Waals surface area contributed by atoms with E-state index in [-0.39, 0.29) is 5.91 Å². The Hall–Kier alpha value is -2.63. The van der Waals surface area contributed by atoms with Crippen LogP contribution in [-0.2, 0) is 9.59 Å². The minimum absolute atomic E-state index is 0.239. The molecule has 0 saturated carbocycles. The molecule has 1 aliphatic heterocycles. The topological polar surface area (TPSA) is 86.7 Å². The van der Waals surface area contributed by atoms with E-state index in [0.717, 1.165) is 44.3 Å². The third-order valence-electron chi connectivity index (χ3n) is 4.08. The SMILES string of the molecule is O=C(O)CNC(=O)c1cccc(/C=C\CCCC(=O)N2CCCC2)c1. The molecule has 2 rings (SSSR count). The van der Waals surface area contributed by atoms with Gasteiger partial charge in [-0.05, 0) is 43.4 Å². The molecule has 134 valence electrons.